The number of nitrogens with two attached hydrogens (primary N) is 1. The fourth-order valence-electron chi connectivity index (χ4n) is 1.90. The molecule has 19 heavy (non-hydrogen) atoms. The van der Waals surface area contributed by atoms with Crippen molar-refractivity contribution in [3.63, 3.8) is 0 Å². The second-order valence-electron chi connectivity index (χ2n) is 6.68. The Bertz CT molecular complexity index is 308. The number of carbonyl (C=O) groups is 2. The van der Waals surface area contributed by atoms with E-state index < -0.39 is 12.0 Å². The molecule has 0 heterocycles. The molecule has 0 saturated carbocycles. The van der Waals surface area contributed by atoms with E-state index >= 15 is 0 Å². The number of carboxylic acid groups (broad SMARTS) is 1. The summed E-state index contributed by atoms with van der Waals surface area (Å²) in [5, 5.41) is 11.6. The number of aliphatic carboxylic acids is 1. The Morgan fingerprint density at radius 3 is 2.16 bits per heavy atom. The lowest BCUT2D eigenvalue weighted by Crippen LogP contribution is -2.49. The molecule has 0 aliphatic carbocycles. The summed E-state index contributed by atoms with van der Waals surface area (Å²) in [5.74, 6) is -0.696. The van der Waals surface area contributed by atoms with Crippen LogP contribution in [0.2, 0.25) is 0 Å². The molecule has 0 radical (unpaired) electrons. The summed E-state index contributed by atoms with van der Waals surface area (Å²) in [5.41, 5.74) is 5.55. The molecule has 0 aromatic carbocycles. The van der Waals surface area contributed by atoms with Gasteiger partial charge in [0.05, 0.1) is 6.04 Å². The molecule has 0 rings (SSSR count). The van der Waals surface area contributed by atoms with E-state index in [0.717, 1.165) is 6.42 Å². The zero-order valence-corrected chi connectivity index (χ0v) is 12.7. The summed E-state index contributed by atoms with van der Waals surface area (Å²) in [4.78, 5) is 22.7. The molecule has 0 bridgehead atoms. The van der Waals surface area contributed by atoms with Crippen LogP contribution in [0.3, 0.4) is 0 Å². The molecular weight excluding hydrogens is 244 g/mol. The van der Waals surface area contributed by atoms with E-state index in [1.54, 1.807) is 0 Å². The summed E-state index contributed by atoms with van der Waals surface area (Å²) in [6, 6.07) is -0.586. The molecule has 2 atom stereocenters. The smallest absolute Gasteiger partial charge is 0.303 e. The van der Waals surface area contributed by atoms with Crippen LogP contribution < -0.4 is 11.1 Å². The lowest BCUT2D eigenvalue weighted by Gasteiger charge is -2.27. The fraction of sp³-hybridized carbons (Fsp3) is 0.857. The fourth-order valence-corrected chi connectivity index (χ4v) is 1.90. The Kier molecular flexibility index (Phi) is 7.05. The number of hydrogen-bond acceptors (Lipinski definition) is 3. The van der Waals surface area contributed by atoms with Crippen LogP contribution in [0, 0.1) is 17.3 Å². The van der Waals surface area contributed by atoms with Crippen molar-refractivity contribution in [2.24, 2.45) is 23.0 Å². The number of hydrogen-bond donors (Lipinski definition) is 3. The Morgan fingerprint density at radius 1 is 1.26 bits per heavy atom. The van der Waals surface area contributed by atoms with Crippen molar-refractivity contribution in [3.8, 4) is 0 Å². The molecule has 112 valence electrons. The topological polar surface area (TPSA) is 92.4 Å². The van der Waals surface area contributed by atoms with Gasteiger partial charge in [0, 0.05) is 13.0 Å². The van der Waals surface area contributed by atoms with Crippen LogP contribution in [0.25, 0.3) is 0 Å². The molecule has 5 nitrogen and oxygen atoms in total. The van der Waals surface area contributed by atoms with Crippen LogP contribution >= 0.6 is 0 Å². The number of amides is 1. The number of carboxylic acids is 1. The molecule has 0 unspecified atom stereocenters. The first-order valence-electron chi connectivity index (χ1n) is 6.79. The largest absolute Gasteiger partial charge is 0.481 e. The van der Waals surface area contributed by atoms with Crippen LogP contribution in [-0.2, 0) is 9.59 Å². The summed E-state index contributed by atoms with van der Waals surface area (Å²) >= 11 is 0. The van der Waals surface area contributed by atoms with Gasteiger partial charge in [0.2, 0.25) is 5.91 Å². The second-order valence-corrected chi connectivity index (χ2v) is 6.68. The first-order chi connectivity index (χ1) is 8.54. The van der Waals surface area contributed by atoms with Gasteiger partial charge in [0.15, 0.2) is 0 Å². The maximum Gasteiger partial charge on any atom is 0.303 e. The van der Waals surface area contributed by atoms with Gasteiger partial charge < -0.3 is 16.2 Å². The van der Waals surface area contributed by atoms with Crippen molar-refractivity contribution in [2.45, 2.75) is 53.5 Å². The molecule has 0 aliphatic heterocycles. The average Bonchev–Trinajstić information content (AvgIpc) is 2.21. The van der Waals surface area contributed by atoms with E-state index in [-0.39, 0.29) is 23.7 Å². The molecule has 0 spiro atoms. The summed E-state index contributed by atoms with van der Waals surface area (Å²) in [7, 11) is 0. The Balaban J connectivity index is 4.38. The number of rotatable bonds is 7. The third kappa shape index (κ3) is 7.82. The van der Waals surface area contributed by atoms with E-state index in [2.05, 4.69) is 5.32 Å². The lowest BCUT2D eigenvalue weighted by atomic mass is 9.86. The van der Waals surface area contributed by atoms with Crippen molar-refractivity contribution in [2.75, 3.05) is 6.54 Å². The Labute approximate surface area is 115 Å². The summed E-state index contributed by atoms with van der Waals surface area (Å²) < 4.78 is 0. The second kappa shape index (κ2) is 7.48. The van der Waals surface area contributed by atoms with Gasteiger partial charge in [-0.25, -0.2) is 0 Å². The monoisotopic (exact) mass is 272 g/mol. The van der Waals surface area contributed by atoms with E-state index in [0.29, 0.717) is 12.5 Å². The maximum absolute atomic E-state index is 11.9. The zero-order chi connectivity index (χ0) is 15.2. The summed E-state index contributed by atoms with van der Waals surface area (Å²) in [6.45, 7) is 10.2. The Morgan fingerprint density at radius 2 is 1.79 bits per heavy atom. The molecular formula is C14H28N2O3. The van der Waals surface area contributed by atoms with Gasteiger partial charge in [0.25, 0.3) is 0 Å². The zero-order valence-electron chi connectivity index (χ0n) is 12.7. The minimum atomic E-state index is -0.833. The van der Waals surface area contributed by atoms with Gasteiger partial charge in [-0.2, -0.15) is 0 Å². The highest BCUT2D eigenvalue weighted by Crippen LogP contribution is 2.18. The van der Waals surface area contributed by atoms with Gasteiger partial charge in [-0.15, -0.1) is 0 Å². The molecule has 0 saturated heterocycles. The van der Waals surface area contributed by atoms with E-state index in [1.807, 2.05) is 34.6 Å². The molecule has 0 aromatic rings. The SMILES string of the molecule is CC(C)C[C@@H](CNC(=O)[C@@H](N)C(C)(C)C)CC(=O)O. The van der Waals surface area contributed by atoms with Gasteiger partial charge >= 0.3 is 5.97 Å². The van der Waals surface area contributed by atoms with Crippen LogP contribution in [0.1, 0.15) is 47.5 Å². The predicted octanol–water partition coefficient (Wildman–Crippen LogP) is 1.61. The van der Waals surface area contributed by atoms with Gasteiger partial charge in [-0.1, -0.05) is 34.6 Å². The number of carbonyl (C=O) groups excluding carboxylic acids is 1. The quantitative estimate of drug-likeness (QED) is 0.656. The van der Waals surface area contributed by atoms with Crippen LogP contribution in [0.5, 0.6) is 0 Å². The summed E-state index contributed by atoms with van der Waals surface area (Å²) in [6.07, 6.45) is 0.848. The highest BCUT2D eigenvalue weighted by atomic mass is 16.4. The molecule has 0 fully saturated rings. The lowest BCUT2D eigenvalue weighted by molar-refractivity contribution is -0.138. The average molecular weight is 272 g/mol. The first-order valence-corrected chi connectivity index (χ1v) is 6.79. The molecule has 4 N–H and O–H groups in total. The van der Waals surface area contributed by atoms with E-state index in [1.165, 1.54) is 0 Å². The predicted molar refractivity (Wildman–Crippen MR) is 75.6 cm³/mol. The standard InChI is InChI=1S/C14H28N2O3/c1-9(2)6-10(7-11(17)18)8-16-13(19)12(15)14(3,4)5/h9-10,12H,6-8,15H2,1-5H3,(H,16,19)(H,17,18)/t10-,12-/m1/s1. The number of nitrogens with one attached hydrogen (secondary N) is 1. The molecule has 5 heteroatoms. The highest BCUT2D eigenvalue weighted by Gasteiger charge is 2.27. The van der Waals surface area contributed by atoms with Gasteiger partial charge in [-0.05, 0) is 23.7 Å². The highest BCUT2D eigenvalue weighted by molar-refractivity contribution is 5.82. The van der Waals surface area contributed by atoms with Crippen LogP contribution in [-0.4, -0.2) is 29.6 Å². The molecule has 1 amide bonds. The third-order valence-electron chi connectivity index (χ3n) is 3.05. The van der Waals surface area contributed by atoms with Crippen molar-refractivity contribution in [3.05, 3.63) is 0 Å². The molecule has 0 aliphatic rings. The maximum atomic E-state index is 11.9. The Hall–Kier alpha value is -1.10. The van der Waals surface area contributed by atoms with E-state index in [4.69, 9.17) is 10.8 Å². The van der Waals surface area contributed by atoms with Crippen LogP contribution in [0.15, 0.2) is 0 Å². The van der Waals surface area contributed by atoms with Crippen LogP contribution in [0.4, 0.5) is 0 Å². The van der Waals surface area contributed by atoms with Crippen molar-refractivity contribution < 1.29 is 14.7 Å². The van der Waals surface area contributed by atoms with Gasteiger partial charge in [0.1, 0.15) is 0 Å². The first kappa shape index (κ1) is 17.9. The minimum Gasteiger partial charge on any atom is -0.481 e. The normalized spacial score (nSPS) is 15.1. The van der Waals surface area contributed by atoms with Crippen molar-refractivity contribution in [1.29, 1.82) is 0 Å². The van der Waals surface area contributed by atoms with Crippen molar-refractivity contribution >= 4 is 11.9 Å². The minimum absolute atomic E-state index is 0.0476. The third-order valence-corrected chi connectivity index (χ3v) is 3.05. The van der Waals surface area contributed by atoms with E-state index in [9.17, 15) is 9.59 Å². The molecule has 0 aromatic heterocycles. The van der Waals surface area contributed by atoms with Crippen molar-refractivity contribution in [1.82, 2.24) is 5.32 Å². The van der Waals surface area contributed by atoms with Gasteiger partial charge in [-0.3, -0.25) is 9.59 Å².